The average molecular weight is 454 g/mol. The highest BCUT2D eigenvalue weighted by atomic mass is 32.2. The molecule has 0 aromatic heterocycles. The van der Waals surface area contributed by atoms with Crippen molar-refractivity contribution < 1.29 is 21.6 Å². The summed E-state index contributed by atoms with van der Waals surface area (Å²) in [5.41, 5.74) is 0.730. The third-order valence-electron chi connectivity index (χ3n) is 4.74. The molecular formula is C20H27N3O5S2. The lowest BCUT2D eigenvalue weighted by atomic mass is 10.2. The molecule has 2 N–H and O–H groups in total. The molecule has 30 heavy (non-hydrogen) atoms. The number of nitrogens with zero attached hydrogens (tertiary/aromatic N) is 1. The van der Waals surface area contributed by atoms with E-state index in [1.165, 1.54) is 28.6 Å². The molecule has 0 aliphatic carbocycles. The summed E-state index contributed by atoms with van der Waals surface area (Å²) in [6, 6.07) is 12.4. The first kappa shape index (κ1) is 22.5. The number of morpholine rings is 1. The van der Waals surface area contributed by atoms with E-state index in [4.69, 9.17) is 4.74 Å². The van der Waals surface area contributed by atoms with Gasteiger partial charge in [-0.2, -0.15) is 4.31 Å². The van der Waals surface area contributed by atoms with Crippen LogP contribution in [0.3, 0.4) is 0 Å². The van der Waals surface area contributed by atoms with Gasteiger partial charge in [0.05, 0.1) is 34.4 Å². The Balaban J connectivity index is 1.96. The molecule has 1 heterocycles. The summed E-state index contributed by atoms with van der Waals surface area (Å²) < 4.78 is 60.8. The van der Waals surface area contributed by atoms with Crippen molar-refractivity contribution in [2.24, 2.45) is 0 Å². The fourth-order valence-electron chi connectivity index (χ4n) is 3.06. The maximum Gasteiger partial charge on any atom is 0.261 e. The van der Waals surface area contributed by atoms with Crippen molar-refractivity contribution in [2.45, 2.75) is 29.6 Å². The Hall–Kier alpha value is -2.14. The van der Waals surface area contributed by atoms with E-state index in [9.17, 15) is 16.8 Å². The lowest BCUT2D eigenvalue weighted by Gasteiger charge is -2.26. The SMILES string of the molecule is CCCCNc1ccc(S(=O)(=O)N2CCOCC2)cc1NS(=O)(=O)c1ccccc1. The summed E-state index contributed by atoms with van der Waals surface area (Å²) in [7, 11) is -7.63. The van der Waals surface area contributed by atoms with Crippen LogP contribution in [0.25, 0.3) is 0 Å². The molecule has 0 atom stereocenters. The van der Waals surface area contributed by atoms with Crippen LogP contribution in [0.15, 0.2) is 58.3 Å². The molecule has 2 aromatic rings. The molecule has 0 bridgehead atoms. The van der Waals surface area contributed by atoms with Crippen molar-refractivity contribution in [1.82, 2.24) is 4.31 Å². The molecule has 3 rings (SSSR count). The van der Waals surface area contributed by atoms with E-state index in [1.807, 2.05) is 0 Å². The molecule has 2 aromatic carbocycles. The molecule has 0 spiro atoms. The number of ether oxygens (including phenoxy) is 1. The smallest absolute Gasteiger partial charge is 0.261 e. The minimum absolute atomic E-state index is 0.0382. The molecule has 10 heteroatoms. The summed E-state index contributed by atoms with van der Waals surface area (Å²) in [4.78, 5) is 0.141. The fraction of sp³-hybridized carbons (Fsp3) is 0.400. The Morgan fingerprint density at radius 3 is 2.30 bits per heavy atom. The number of rotatable bonds is 9. The Kier molecular flexibility index (Phi) is 7.35. The third-order valence-corrected chi connectivity index (χ3v) is 8.02. The van der Waals surface area contributed by atoms with Gasteiger partial charge in [0.15, 0.2) is 0 Å². The van der Waals surface area contributed by atoms with Crippen LogP contribution in [-0.2, 0) is 24.8 Å². The van der Waals surface area contributed by atoms with E-state index in [-0.39, 0.29) is 28.6 Å². The van der Waals surface area contributed by atoms with Gasteiger partial charge in [-0.05, 0) is 36.8 Å². The topological polar surface area (TPSA) is 105 Å². The van der Waals surface area contributed by atoms with Gasteiger partial charge in [-0.15, -0.1) is 0 Å². The molecule has 0 radical (unpaired) electrons. The first-order valence-electron chi connectivity index (χ1n) is 9.88. The molecule has 1 aliphatic rings. The fourth-order valence-corrected chi connectivity index (χ4v) is 5.59. The minimum Gasteiger partial charge on any atom is -0.383 e. The van der Waals surface area contributed by atoms with Gasteiger partial charge in [0.25, 0.3) is 10.0 Å². The number of unbranched alkanes of at least 4 members (excludes halogenated alkanes) is 1. The second kappa shape index (κ2) is 9.78. The van der Waals surface area contributed by atoms with E-state index in [0.717, 1.165) is 12.8 Å². The molecule has 1 saturated heterocycles. The van der Waals surface area contributed by atoms with E-state index in [0.29, 0.717) is 25.4 Å². The number of benzene rings is 2. The molecule has 1 aliphatic heterocycles. The van der Waals surface area contributed by atoms with Crippen LogP contribution in [0.1, 0.15) is 19.8 Å². The van der Waals surface area contributed by atoms with Gasteiger partial charge >= 0.3 is 0 Å². The van der Waals surface area contributed by atoms with Gasteiger partial charge in [0, 0.05) is 19.6 Å². The summed E-state index contributed by atoms with van der Waals surface area (Å²) >= 11 is 0. The van der Waals surface area contributed by atoms with Crippen LogP contribution < -0.4 is 10.0 Å². The zero-order valence-electron chi connectivity index (χ0n) is 16.9. The standard InChI is InChI=1S/C20H27N3O5S2/c1-2-3-11-21-19-10-9-18(30(26,27)23-12-14-28-15-13-23)16-20(19)22-29(24,25)17-7-5-4-6-8-17/h4-10,16,21-22H,2-3,11-15H2,1H3. The highest BCUT2D eigenvalue weighted by molar-refractivity contribution is 7.92. The Labute approximate surface area is 178 Å². The van der Waals surface area contributed by atoms with Crippen molar-refractivity contribution >= 4 is 31.4 Å². The first-order valence-corrected chi connectivity index (χ1v) is 12.8. The number of nitrogens with one attached hydrogen (secondary N) is 2. The van der Waals surface area contributed by atoms with E-state index in [1.54, 1.807) is 24.3 Å². The molecule has 164 valence electrons. The summed E-state index contributed by atoms with van der Waals surface area (Å²) in [6.07, 6.45) is 1.88. The van der Waals surface area contributed by atoms with Crippen LogP contribution in [0, 0.1) is 0 Å². The molecule has 1 fully saturated rings. The van der Waals surface area contributed by atoms with Crippen molar-refractivity contribution in [3.05, 3.63) is 48.5 Å². The van der Waals surface area contributed by atoms with Crippen molar-refractivity contribution in [2.75, 3.05) is 42.9 Å². The van der Waals surface area contributed by atoms with Crippen molar-refractivity contribution in [3.63, 3.8) is 0 Å². The Morgan fingerprint density at radius 1 is 0.933 bits per heavy atom. The van der Waals surface area contributed by atoms with Crippen LogP contribution >= 0.6 is 0 Å². The second-order valence-electron chi connectivity index (χ2n) is 6.92. The van der Waals surface area contributed by atoms with Crippen LogP contribution in [0.2, 0.25) is 0 Å². The molecule has 8 nitrogen and oxygen atoms in total. The van der Waals surface area contributed by atoms with Crippen LogP contribution in [0.4, 0.5) is 11.4 Å². The second-order valence-corrected chi connectivity index (χ2v) is 10.5. The normalized spacial score (nSPS) is 15.6. The van der Waals surface area contributed by atoms with Gasteiger partial charge in [-0.3, -0.25) is 4.72 Å². The Bertz CT molecular complexity index is 1050. The van der Waals surface area contributed by atoms with Gasteiger partial charge in [0.2, 0.25) is 10.0 Å². The van der Waals surface area contributed by atoms with Gasteiger partial charge < -0.3 is 10.1 Å². The highest BCUT2D eigenvalue weighted by Crippen LogP contribution is 2.29. The molecule has 0 amide bonds. The minimum atomic E-state index is -3.87. The maximum absolute atomic E-state index is 13.0. The summed E-state index contributed by atoms with van der Waals surface area (Å²) in [6.45, 7) is 3.91. The Morgan fingerprint density at radius 2 is 1.63 bits per heavy atom. The first-order chi connectivity index (χ1) is 14.3. The number of hydrogen-bond donors (Lipinski definition) is 2. The summed E-state index contributed by atoms with van der Waals surface area (Å²) in [5.74, 6) is 0. The lowest BCUT2D eigenvalue weighted by molar-refractivity contribution is 0.0730. The predicted molar refractivity (Wildman–Crippen MR) is 117 cm³/mol. The monoisotopic (exact) mass is 453 g/mol. The quantitative estimate of drug-likeness (QED) is 0.566. The van der Waals surface area contributed by atoms with Gasteiger partial charge in [0.1, 0.15) is 0 Å². The molecule has 0 unspecified atom stereocenters. The maximum atomic E-state index is 13.0. The van der Waals surface area contributed by atoms with E-state index >= 15 is 0 Å². The average Bonchev–Trinajstić information content (AvgIpc) is 2.76. The van der Waals surface area contributed by atoms with Crippen molar-refractivity contribution in [1.29, 1.82) is 0 Å². The third kappa shape index (κ3) is 5.31. The lowest BCUT2D eigenvalue weighted by Crippen LogP contribution is -2.40. The number of sulfonamides is 2. The predicted octanol–water partition coefficient (Wildman–Crippen LogP) is 2.72. The van der Waals surface area contributed by atoms with Crippen LogP contribution in [-0.4, -0.2) is 54.0 Å². The number of hydrogen-bond acceptors (Lipinski definition) is 6. The molecule has 0 saturated carbocycles. The van der Waals surface area contributed by atoms with Gasteiger partial charge in [-0.25, -0.2) is 16.8 Å². The zero-order valence-corrected chi connectivity index (χ0v) is 18.5. The number of anilines is 2. The van der Waals surface area contributed by atoms with E-state index < -0.39 is 20.0 Å². The van der Waals surface area contributed by atoms with Crippen molar-refractivity contribution in [3.8, 4) is 0 Å². The zero-order chi connectivity index (χ0) is 21.6. The highest BCUT2D eigenvalue weighted by Gasteiger charge is 2.27. The molecular weight excluding hydrogens is 426 g/mol. The summed E-state index contributed by atoms with van der Waals surface area (Å²) in [5, 5.41) is 3.19. The van der Waals surface area contributed by atoms with E-state index in [2.05, 4.69) is 17.0 Å². The van der Waals surface area contributed by atoms with Crippen LogP contribution in [0.5, 0.6) is 0 Å². The largest absolute Gasteiger partial charge is 0.383 e. The van der Waals surface area contributed by atoms with Gasteiger partial charge in [-0.1, -0.05) is 31.5 Å².